The van der Waals surface area contributed by atoms with Crippen LogP contribution in [-0.4, -0.2) is 0 Å². The lowest BCUT2D eigenvalue weighted by atomic mass is 9.83. The van der Waals surface area contributed by atoms with Crippen LogP contribution in [0.1, 0.15) is 37.5 Å². The van der Waals surface area contributed by atoms with Crippen molar-refractivity contribution >= 4 is 0 Å². The van der Waals surface area contributed by atoms with E-state index >= 15 is 0 Å². The van der Waals surface area contributed by atoms with E-state index in [-0.39, 0.29) is 0 Å². The maximum Gasteiger partial charge on any atom is 0.416 e. The topological polar surface area (TPSA) is 23.8 Å². The molecule has 0 spiro atoms. The Kier molecular flexibility index (Phi) is 3.00. The van der Waals surface area contributed by atoms with Crippen molar-refractivity contribution in [1.29, 1.82) is 5.26 Å². The van der Waals surface area contributed by atoms with Crippen LogP contribution in [0.15, 0.2) is 18.2 Å². The van der Waals surface area contributed by atoms with Gasteiger partial charge < -0.3 is 0 Å². The Morgan fingerprint density at radius 3 is 2.06 bits per heavy atom. The van der Waals surface area contributed by atoms with Gasteiger partial charge in [-0.3, -0.25) is 0 Å². The lowest BCUT2D eigenvalue weighted by molar-refractivity contribution is -0.137. The number of rotatable bonds is 0. The first kappa shape index (κ1) is 12.6. The average Bonchev–Trinajstić information content (AvgIpc) is 2.14. The zero-order valence-electron chi connectivity index (χ0n) is 9.31. The van der Waals surface area contributed by atoms with Gasteiger partial charge in [-0.2, -0.15) is 18.4 Å². The van der Waals surface area contributed by atoms with E-state index in [1.165, 1.54) is 6.07 Å². The van der Waals surface area contributed by atoms with E-state index in [2.05, 4.69) is 0 Å². The normalized spacial score (nSPS) is 12.3. The van der Waals surface area contributed by atoms with Crippen molar-refractivity contribution < 1.29 is 13.2 Å². The minimum absolute atomic E-state index is 0.292. The number of alkyl halides is 3. The van der Waals surface area contributed by atoms with Gasteiger partial charge in [0.15, 0.2) is 0 Å². The predicted molar refractivity (Wildman–Crippen MR) is 54.9 cm³/mol. The summed E-state index contributed by atoms with van der Waals surface area (Å²) in [6.07, 6.45) is -4.37. The fourth-order valence-electron chi connectivity index (χ4n) is 1.44. The lowest BCUT2D eigenvalue weighted by Gasteiger charge is -2.21. The zero-order valence-corrected chi connectivity index (χ0v) is 9.31. The highest BCUT2D eigenvalue weighted by molar-refractivity contribution is 5.44. The van der Waals surface area contributed by atoms with Gasteiger partial charge in [-0.05, 0) is 29.2 Å². The van der Waals surface area contributed by atoms with Crippen molar-refractivity contribution in [3.63, 3.8) is 0 Å². The van der Waals surface area contributed by atoms with Crippen molar-refractivity contribution in [2.24, 2.45) is 0 Å². The number of halogens is 3. The first-order chi connectivity index (χ1) is 7.16. The van der Waals surface area contributed by atoms with E-state index in [0.29, 0.717) is 11.1 Å². The minimum atomic E-state index is -4.37. The molecule has 0 aliphatic heterocycles. The Labute approximate surface area is 92.5 Å². The number of hydrogen-bond donors (Lipinski definition) is 0. The molecule has 1 aromatic rings. The molecule has 0 unspecified atom stereocenters. The summed E-state index contributed by atoms with van der Waals surface area (Å²) < 4.78 is 37.5. The van der Waals surface area contributed by atoms with Gasteiger partial charge in [0.1, 0.15) is 0 Å². The molecule has 0 saturated heterocycles. The summed E-state index contributed by atoms with van der Waals surface area (Å²) in [5.74, 6) is 0. The van der Waals surface area contributed by atoms with Gasteiger partial charge in [0.25, 0.3) is 0 Å². The van der Waals surface area contributed by atoms with Gasteiger partial charge in [0.2, 0.25) is 0 Å². The average molecular weight is 227 g/mol. The van der Waals surface area contributed by atoms with E-state index in [0.717, 1.165) is 12.1 Å². The van der Waals surface area contributed by atoms with Crippen LogP contribution in [0.2, 0.25) is 0 Å². The molecule has 0 aliphatic rings. The van der Waals surface area contributed by atoms with Crippen LogP contribution in [0.5, 0.6) is 0 Å². The molecule has 86 valence electrons. The van der Waals surface area contributed by atoms with Gasteiger partial charge in [0, 0.05) is 0 Å². The van der Waals surface area contributed by atoms with Crippen molar-refractivity contribution in [2.45, 2.75) is 32.4 Å². The molecule has 0 radical (unpaired) electrons. The molecule has 0 aromatic heterocycles. The molecule has 1 nitrogen and oxygen atoms in total. The van der Waals surface area contributed by atoms with E-state index in [4.69, 9.17) is 5.26 Å². The molecular weight excluding hydrogens is 215 g/mol. The zero-order chi connectivity index (χ0) is 12.6. The second-order valence-corrected chi connectivity index (χ2v) is 4.62. The monoisotopic (exact) mass is 227 g/mol. The molecule has 4 heteroatoms. The SMILES string of the molecule is CC(C)(C)c1cc(C(F)(F)F)ccc1C#N. The highest BCUT2D eigenvalue weighted by atomic mass is 19.4. The van der Waals surface area contributed by atoms with Gasteiger partial charge in [0.05, 0.1) is 17.2 Å². The fourth-order valence-corrected chi connectivity index (χ4v) is 1.44. The molecule has 0 amide bonds. The van der Waals surface area contributed by atoms with Crippen LogP contribution in [-0.2, 0) is 11.6 Å². The third-order valence-electron chi connectivity index (χ3n) is 2.28. The molecule has 0 N–H and O–H groups in total. The van der Waals surface area contributed by atoms with Gasteiger partial charge in [-0.15, -0.1) is 0 Å². The van der Waals surface area contributed by atoms with Crippen LogP contribution in [0.3, 0.4) is 0 Å². The predicted octanol–water partition coefficient (Wildman–Crippen LogP) is 3.87. The van der Waals surface area contributed by atoms with E-state index in [1.807, 2.05) is 6.07 Å². The summed E-state index contributed by atoms with van der Waals surface area (Å²) in [5, 5.41) is 8.84. The summed E-state index contributed by atoms with van der Waals surface area (Å²) in [5.41, 5.74) is -0.478. The fraction of sp³-hybridized carbons (Fsp3) is 0.417. The van der Waals surface area contributed by atoms with Crippen LogP contribution in [0, 0.1) is 11.3 Å². The molecule has 0 saturated carbocycles. The summed E-state index contributed by atoms with van der Waals surface area (Å²) in [4.78, 5) is 0. The smallest absolute Gasteiger partial charge is 0.192 e. The third-order valence-corrected chi connectivity index (χ3v) is 2.28. The van der Waals surface area contributed by atoms with Crippen LogP contribution < -0.4 is 0 Å². The summed E-state index contributed by atoms with van der Waals surface area (Å²) >= 11 is 0. The van der Waals surface area contributed by atoms with Crippen molar-refractivity contribution in [3.8, 4) is 6.07 Å². The Balaban J connectivity index is 3.41. The van der Waals surface area contributed by atoms with Gasteiger partial charge in [-0.1, -0.05) is 20.8 Å². The number of hydrogen-bond acceptors (Lipinski definition) is 1. The Morgan fingerprint density at radius 1 is 1.12 bits per heavy atom. The van der Waals surface area contributed by atoms with Crippen molar-refractivity contribution in [2.75, 3.05) is 0 Å². The van der Waals surface area contributed by atoms with Crippen molar-refractivity contribution in [3.05, 3.63) is 34.9 Å². The first-order valence-electron chi connectivity index (χ1n) is 4.78. The standard InChI is InChI=1S/C12H12F3N/c1-11(2,3)10-6-9(12(13,14)15)5-4-8(10)7-16/h4-6H,1-3H3. The molecule has 0 bridgehead atoms. The Morgan fingerprint density at radius 2 is 1.69 bits per heavy atom. The Bertz CT molecular complexity index is 433. The summed E-state index contributed by atoms with van der Waals surface area (Å²) in [7, 11) is 0. The largest absolute Gasteiger partial charge is 0.416 e. The second-order valence-electron chi connectivity index (χ2n) is 4.62. The molecule has 16 heavy (non-hydrogen) atoms. The second kappa shape index (κ2) is 3.82. The highest BCUT2D eigenvalue weighted by Crippen LogP contribution is 2.34. The molecule has 0 aliphatic carbocycles. The lowest BCUT2D eigenvalue weighted by Crippen LogP contribution is -2.15. The quantitative estimate of drug-likeness (QED) is 0.659. The Hall–Kier alpha value is -1.50. The molecule has 1 aromatic carbocycles. The van der Waals surface area contributed by atoms with E-state index in [1.54, 1.807) is 20.8 Å². The first-order valence-corrected chi connectivity index (χ1v) is 4.78. The molecular formula is C12H12F3N. The highest BCUT2D eigenvalue weighted by Gasteiger charge is 2.32. The van der Waals surface area contributed by atoms with E-state index < -0.39 is 17.2 Å². The maximum atomic E-state index is 12.5. The van der Waals surface area contributed by atoms with Crippen molar-refractivity contribution in [1.82, 2.24) is 0 Å². The van der Waals surface area contributed by atoms with Crippen LogP contribution >= 0.6 is 0 Å². The minimum Gasteiger partial charge on any atom is -0.192 e. The molecule has 0 heterocycles. The molecule has 0 atom stereocenters. The summed E-state index contributed by atoms with van der Waals surface area (Å²) in [6.45, 7) is 5.34. The van der Waals surface area contributed by atoms with Crippen LogP contribution in [0.25, 0.3) is 0 Å². The number of nitriles is 1. The van der Waals surface area contributed by atoms with Gasteiger partial charge >= 0.3 is 6.18 Å². The number of benzene rings is 1. The summed E-state index contributed by atoms with van der Waals surface area (Å²) in [6, 6.07) is 5.13. The van der Waals surface area contributed by atoms with Gasteiger partial charge in [-0.25, -0.2) is 0 Å². The number of nitrogens with zero attached hydrogens (tertiary/aromatic N) is 1. The molecule has 1 rings (SSSR count). The third kappa shape index (κ3) is 2.54. The maximum absolute atomic E-state index is 12.5. The van der Waals surface area contributed by atoms with E-state index in [9.17, 15) is 13.2 Å². The molecule has 0 fully saturated rings. The van der Waals surface area contributed by atoms with Crippen LogP contribution in [0.4, 0.5) is 13.2 Å².